The van der Waals surface area contributed by atoms with E-state index < -0.39 is 10.0 Å². The summed E-state index contributed by atoms with van der Waals surface area (Å²) in [5.74, 6) is 0.472. The quantitative estimate of drug-likeness (QED) is 0.659. The third kappa shape index (κ3) is 3.85. The summed E-state index contributed by atoms with van der Waals surface area (Å²) in [7, 11) is -2.39. The highest BCUT2D eigenvalue weighted by atomic mass is 32.2. The molecule has 4 N–H and O–H groups in total. The van der Waals surface area contributed by atoms with Crippen LogP contribution in [-0.4, -0.2) is 15.5 Å². The number of nitrogens with two attached hydrogens (primary N) is 2. The number of aryl methyl sites for hydroxylation is 2. The topological polar surface area (TPSA) is 120 Å². The molecule has 0 aromatic heterocycles. The molecular formula is C15H18N4O3S. The fraction of sp³-hybridized carbons (Fsp3) is 0.200. The summed E-state index contributed by atoms with van der Waals surface area (Å²) < 4.78 is 28.5. The lowest BCUT2D eigenvalue weighted by atomic mass is 10.1. The first-order valence-electron chi connectivity index (χ1n) is 6.71. The minimum Gasteiger partial charge on any atom is -0.495 e. The largest absolute Gasteiger partial charge is 0.495 e. The van der Waals surface area contributed by atoms with Gasteiger partial charge in [-0.3, -0.25) is 0 Å². The fourth-order valence-electron chi connectivity index (χ4n) is 2.02. The maximum Gasteiger partial charge on any atom is 0.240 e. The van der Waals surface area contributed by atoms with Crippen LogP contribution in [-0.2, 0) is 10.0 Å². The Hall–Kier alpha value is -2.45. The number of rotatable bonds is 4. The highest BCUT2D eigenvalue weighted by Crippen LogP contribution is 2.33. The Morgan fingerprint density at radius 1 is 1.04 bits per heavy atom. The molecule has 23 heavy (non-hydrogen) atoms. The van der Waals surface area contributed by atoms with E-state index in [1.807, 2.05) is 6.92 Å². The van der Waals surface area contributed by atoms with E-state index in [0.29, 0.717) is 17.1 Å². The average Bonchev–Trinajstić information content (AvgIpc) is 2.46. The molecular weight excluding hydrogens is 316 g/mol. The van der Waals surface area contributed by atoms with Crippen molar-refractivity contribution in [1.29, 1.82) is 0 Å². The molecule has 0 amide bonds. The van der Waals surface area contributed by atoms with Crippen molar-refractivity contribution in [1.82, 2.24) is 0 Å². The lowest BCUT2D eigenvalue weighted by Crippen LogP contribution is -2.12. The van der Waals surface area contributed by atoms with Crippen LogP contribution in [0.25, 0.3) is 0 Å². The first kappa shape index (κ1) is 16.9. The summed E-state index contributed by atoms with van der Waals surface area (Å²) in [4.78, 5) is -0.0682. The van der Waals surface area contributed by atoms with Crippen molar-refractivity contribution in [2.24, 2.45) is 15.4 Å². The van der Waals surface area contributed by atoms with Crippen molar-refractivity contribution in [3.63, 3.8) is 0 Å². The van der Waals surface area contributed by atoms with Gasteiger partial charge in [0.2, 0.25) is 10.0 Å². The molecule has 8 heteroatoms. The predicted molar refractivity (Wildman–Crippen MR) is 88.9 cm³/mol. The van der Waals surface area contributed by atoms with Crippen LogP contribution in [0.15, 0.2) is 45.5 Å². The molecule has 0 heterocycles. The van der Waals surface area contributed by atoms with Crippen LogP contribution in [0.2, 0.25) is 0 Å². The third-order valence-corrected chi connectivity index (χ3v) is 4.18. The smallest absolute Gasteiger partial charge is 0.240 e. The molecule has 0 aliphatic rings. The molecule has 0 bridgehead atoms. The second kappa shape index (κ2) is 6.35. The van der Waals surface area contributed by atoms with E-state index in [9.17, 15) is 8.42 Å². The second-order valence-corrected chi connectivity index (χ2v) is 6.63. The van der Waals surface area contributed by atoms with Gasteiger partial charge in [0.15, 0.2) is 0 Å². The maximum absolute atomic E-state index is 11.7. The van der Waals surface area contributed by atoms with Gasteiger partial charge < -0.3 is 10.5 Å². The molecule has 0 aliphatic carbocycles. The second-order valence-electron chi connectivity index (χ2n) is 5.10. The zero-order valence-electron chi connectivity index (χ0n) is 13.1. The van der Waals surface area contributed by atoms with E-state index in [1.54, 1.807) is 31.2 Å². The molecule has 2 aromatic rings. The number of azo groups is 1. The number of hydrogen-bond donors (Lipinski definition) is 2. The molecule has 7 nitrogen and oxygen atoms in total. The SMILES string of the molecule is COc1cc(N=Nc2ccc(C)cc2S(N)(=O)=O)c(C)cc1N. The molecule has 0 fully saturated rings. The van der Waals surface area contributed by atoms with Gasteiger partial charge in [0.05, 0.1) is 18.5 Å². The summed E-state index contributed by atoms with van der Waals surface area (Å²) in [6.45, 7) is 3.59. The van der Waals surface area contributed by atoms with Gasteiger partial charge in [-0.1, -0.05) is 6.07 Å². The van der Waals surface area contributed by atoms with E-state index in [0.717, 1.165) is 11.1 Å². The van der Waals surface area contributed by atoms with Gasteiger partial charge in [-0.05, 0) is 43.2 Å². The Morgan fingerprint density at radius 3 is 2.30 bits per heavy atom. The van der Waals surface area contributed by atoms with E-state index >= 15 is 0 Å². The number of nitrogen functional groups attached to an aromatic ring is 1. The normalized spacial score (nSPS) is 11.8. The Kier molecular flexibility index (Phi) is 4.67. The van der Waals surface area contributed by atoms with Gasteiger partial charge in [0.1, 0.15) is 16.3 Å². The Labute approximate surface area is 135 Å². The van der Waals surface area contributed by atoms with Gasteiger partial charge in [-0.2, -0.15) is 5.11 Å². The lowest BCUT2D eigenvalue weighted by molar-refractivity contribution is 0.417. The van der Waals surface area contributed by atoms with Crippen molar-refractivity contribution in [2.75, 3.05) is 12.8 Å². The maximum atomic E-state index is 11.7. The molecule has 2 aromatic carbocycles. The minimum absolute atomic E-state index is 0.0682. The highest BCUT2D eigenvalue weighted by molar-refractivity contribution is 7.89. The number of anilines is 1. The van der Waals surface area contributed by atoms with Crippen LogP contribution in [0.1, 0.15) is 11.1 Å². The lowest BCUT2D eigenvalue weighted by Gasteiger charge is -2.08. The van der Waals surface area contributed by atoms with Crippen LogP contribution in [0.4, 0.5) is 17.1 Å². The first-order chi connectivity index (χ1) is 10.7. The minimum atomic E-state index is -3.89. The van der Waals surface area contributed by atoms with Crippen molar-refractivity contribution in [3.8, 4) is 5.75 Å². The summed E-state index contributed by atoms with van der Waals surface area (Å²) >= 11 is 0. The van der Waals surface area contributed by atoms with Crippen LogP contribution >= 0.6 is 0 Å². The van der Waals surface area contributed by atoms with Gasteiger partial charge in [-0.25, -0.2) is 13.6 Å². The molecule has 0 atom stereocenters. The van der Waals surface area contributed by atoms with Crippen molar-refractivity contribution in [3.05, 3.63) is 41.5 Å². The molecule has 0 aliphatic heterocycles. The van der Waals surface area contributed by atoms with Crippen molar-refractivity contribution < 1.29 is 13.2 Å². The number of nitrogens with zero attached hydrogens (tertiary/aromatic N) is 2. The van der Waals surface area contributed by atoms with E-state index in [1.165, 1.54) is 13.2 Å². The van der Waals surface area contributed by atoms with Crippen molar-refractivity contribution in [2.45, 2.75) is 18.7 Å². The predicted octanol–water partition coefficient (Wildman–Crippen LogP) is 2.96. The van der Waals surface area contributed by atoms with Gasteiger partial charge in [0, 0.05) is 6.07 Å². The third-order valence-electron chi connectivity index (χ3n) is 3.24. The number of benzene rings is 2. The zero-order chi connectivity index (χ0) is 17.2. The van der Waals surface area contributed by atoms with Crippen LogP contribution in [0.3, 0.4) is 0 Å². The molecule has 0 radical (unpaired) electrons. The molecule has 2 rings (SSSR count). The van der Waals surface area contributed by atoms with Gasteiger partial charge in [0.25, 0.3) is 0 Å². The van der Waals surface area contributed by atoms with E-state index in [2.05, 4.69) is 10.2 Å². The molecule has 122 valence electrons. The Morgan fingerprint density at radius 2 is 1.70 bits per heavy atom. The Balaban J connectivity index is 2.50. The first-order valence-corrected chi connectivity index (χ1v) is 8.26. The van der Waals surface area contributed by atoms with E-state index in [-0.39, 0.29) is 10.6 Å². The average molecular weight is 334 g/mol. The summed E-state index contributed by atoms with van der Waals surface area (Å²) in [5.41, 5.74) is 8.55. The molecule has 0 spiro atoms. The van der Waals surface area contributed by atoms with Gasteiger partial charge >= 0.3 is 0 Å². The van der Waals surface area contributed by atoms with Gasteiger partial charge in [-0.15, -0.1) is 5.11 Å². The fourth-order valence-corrected chi connectivity index (χ4v) is 2.77. The number of primary sulfonamides is 1. The van der Waals surface area contributed by atoms with E-state index in [4.69, 9.17) is 15.6 Å². The van der Waals surface area contributed by atoms with Crippen molar-refractivity contribution >= 4 is 27.1 Å². The number of ether oxygens (including phenoxy) is 1. The highest BCUT2D eigenvalue weighted by Gasteiger charge is 2.14. The number of sulfonamides is 1. The number of methoxy groups -OCH3 is 1. The summed E-state index contributed by atoms with van der Waals surface area (Å²) in [5, 5.41) is 13.3. The summed E-state index contributed by atoms with van der Waals surface area (Å²) in [6.07, 6.45) is 0. The van der Waals surface area contributed by atoms with Crippen LogP contribution in [0, 0.1) is 13.8 Å². The van der Waals surface area contributed by atoms with Crippen LogP contribution < -0.4 is 15.6 Å². The standard InChI is InChI=1S/C15H18N4O3S/c1-9-4-5-12(15(6-9)23(17,20)21)18-19-13-8-14(22-3)11(16)7-10(13)2/h4-8H,16H2,1-3H3,(H2,17,20,21). The molecule has 0 saturated heterocycles. The Bertz CT molecular complexity index is 877. The molecule has 0 saturated carbocycles. The zero-order valence-corrected chi connectivity index (χ0v) is 13.9. The number of hydrogen-bond acceptors (Lipinski definition) is 6. The summed E-state index contributed by atoms with van der Waals surface area (Å²) in [6, 6.07) is 8.10. The monoisotopic (exact) mass is 334 g/mol. The van der Waals surface area contributed by atoms with Crippen LogP contribution in [0.5, 0.6) is 5.75 Å². The molecule has 0 unspecified atom stereocenters.